The Kier molecular flexibility index (Phi) is 7.13. The van der Waals surface area contributed by atoms with Crippen molar-refractivity contribution in [3.05, 3.63) is 48.3 Å². The van der Waals surface area contributed by atoms with Crippen molar-refractivity contribution in [2.24, 2.45) is 10.7 Å². The molecule has 7 heteroatoms. The molecule has 5 nitrogen and oxygen atoms in total. The number of nitrogens with two attached hydrogens (primary N) is 1. The predicted octanol–water partition coefficient (Wildman–Crippen LogP) is 2.44. The van der Waals surface area contributed by atoms with Crippen LogP contribution in [0.4, 0.5) is 4.39 Å². The van der Waals surface area contributed by atoms with Crippen molar-refractivity contribution in [1.29, 1.82) is 0 Å². The van der Waals surface area contributed by atoms with Gasteiger partial charge in [-0.1, -0.05) is 13.0 Å². The molecule has 1 aromatic heterocycles. The summed E-state index contributed by atoms with van der Waals surface area (Å²) in [7, 11) is 0. The molecule has 0 aliphatic carbocycles. The zero-order valence-electron chi connectivity index (χ0n) is 11.8. The third kappa shape index (κ3) is 5.00. The summed E-state index contributed by atoms with van der Waals surface area (Å²) < 4.78 is 15.6. The summed E-state index contributed by atoms with van der Waals surface area (Å²) in [6, 6.07) is 5.00. The highest BCUT2D eigenvalue weighted by atomic mass is 127. The van der Waals surface area contributed by atoms with Gasteiger partial charge in [-0.05, 0) is 24.1 Å². The maximum absolute atomic E-state index is 14.0. The fourth-order valence-corrected chi connectivity index (χ4v) is 1.75. The summed E-state index contributed by atoms with van der Waals surface area (Å²) in [6.07, 6.45) is 5.84. The molecule has 0 unspecified atom stereocenters. The number of benzene rings is 1. The van der Waals surface area contributed by atoms with Gasteiger partial charge in [-0.15, -0.1) is 24.0 Å². The van der Waals surface area contributed by atoms with Crippen molar-refractivity contribution in [3.63, 3.8) is 0 Å². The molecule has 2 aromatic rings. The SMILES string of the molecule is CCCNC(N)=NCc1ccc(-n2ccnc2)c(F)c1.I. The first-order chi connectivity index (χ1) is 9.70. The van der Waals surface area contributed by atoms with Gasteiger partial charge in [0.1, 0.15) is 5.82 Å². The molecule has 0 saturated heterocycles. The second-order valence-corrected chi connectivity index (χ2v) is 4.38. The summed E-state index contributed by atoms with van der Waals surface area (Å²) in [4.78, 5) is 8.06. The van der Waals surface area contributed by atoms with Crippen molar-refractivity contribution in [3.8, 4) is 5.69 Å². The molecule has 0 radical (unpaired) electrons. The number of guanidine groups is 1. The molecule has 114 valence electrons. The minimum absolute atomic E-state index is 0. The van der Waals surface area contributed by atoms with Crippen LogP contribution in [0.15, 0.2) is 41.9 Å². The van der Waals surface area contributed by atoms with Gasteiger partial charge in [0, 0.05) is 18.9 Å². The van der Waals surface area contributed by atoms with E-state index in [-0.39, 0.29) is 29.8 Å². The van der Waals surface area contributed by atoms with E-state index in [1.807, 2.05) is 13.0 Å². The van der Waals surface area contributed by atoms with Crippen LogP contribution in [0.2, 0.25) is 0 Å². The second-order valence-electron chi connectivity index (χ2n) is 4.38. The van der Waals surface area contributed by atoms with Crippen molar-refractivity contribution in [1.82, 2.24) is 14.9 Å². The van der Waals surface area contributed by atoms with E-state index < -0.39 is 0 Å². The standard InChI is InChI=1S/C14H18FN5.HI/c1-2-5-18-14(16)19-9-11-3-4-13(12(15)8-11)20-7-6-17-10-20;/h3-4,6-8,10H,2,5,9H2,1H3,(H3,16,18,19);1H. The average Bonchev–Trinajstić information content (AvgIpc) is 2.97. The van der Waals surface area contributed by atoms with Gasteiger partial charge in [-0.2, -0.15) is 0 Å². The molecule has 0 amide bonds. The number of nitrogens with one attached hydrogen (secondary N) is 1. The largest absolute Gasteiger partial charge is 0.370 e. The molecular weight excluding hydrogens is 384 g/mol. The van der Waals surface area contributed by atoms with Crippen LogP contribution in [0.3, 0.4) is 0 Å². The third-order valence-electron chi connectivity index (χ3n) is 2.78. The molecule has 21 heavy (non-hydrogen) atoms. The summed E-state index contributed by atoms with van der Waals surface area (Å²) >= 11 is 0. The number of nitrogens with zero attached hydrogens (tertiary/aromatic N) is 3. The van der Waals surface area contributed by atoms with Crippen molar-refractivity contribution in [2.45, 2.75) is 19.9 Å². The van der Waals surface area contributed by atoms with E-state index in [9.17, 15) is 4.39 Å². The smallest absolute Gasteiger partial charge is 0.188 e. The van der Waals surface area contributed by atoms with Crippen LogP contribution < -0.4 is 11.1 Å². The lowest BCUT2D eigenvalue weighted by Gasteiger charge is -2.06. The lowest BCUT2D eigenvalue weighted by atomic mass is 10.2. The minimum atomic E-state index is -0.309. The Hall–Kier alpha value is -1.64. The fourth-order valence-electron chi connectivity index (χ4n) is 1.75. The van der Waals surface area contributed by atoms with Gasteiger partial charge in [0.2, 0.25) is 0 Å². The van der Waals surface area contributed by atoms with Gasteiger partial charge >= 0.3 is 0 Å². The first kappa shape index (κ1) is 17.4. The van der Waals surface area contributed by atoms with Gasteiger partial charge in [-0.25, -0.2) is 14.4 Å². The van der Waals surface area contributed by atoms with Gasteiger partial charge < -0.3 is 15.6 Å². The Morgan fingerprint density at radius 3 is 2.90 bits per heavy atom. The maximum Gasteiger partial charge on any atom is 0.188 e. The molecule has 0 bridgehead atoms. The molecule has 0 aliphatic rings. The van der Waals surface area contributed by atoms with Gasteiger partial charge in [0.25, 0.3) is 0 Å². The lowest BCUT2D eigenvalue weighted by molar-refractivity contribution is 0.615. The Balaban J connectivity index is 0.00000220. The van der Waals surface area contributed by atoms with E-state index in [4.69, 9.17) is 5.73 Å². The van der Waals surface area contributed by atoms with Crippen molar-refractivity contribution >= 4 is 29.9 Å². The number of aromatic nitrogens is 2. The van der Waals surface area contributed by atoms with E-state index in [1.54, 1.807) is 29.4 Å². The van der Waals surface area contributed by atoms with E-state index in [2.05, 4.69) is 15.3 Å². The molecular formula is C14H19FIN5. The molecule has 1 aromatic carbocycles. The topological polar surface area (TPSA) is 68.2 Å². The zero-order chi connectivity index (χ0) is 14.4. The Morgan fingerprint density at radius 2 is 2.29 bits per heavy atom. The first-order valence-corrected chi connectivity index (χ1v) is 6.51. The molecule has 0 aliphatic heterocycles. The normalized spacial score (nSPS) is 11.0. The Bertz CT molecular complexity index is 583. The third-order valence-corrected chi connectivity index (χ3v) is 2.78. The summed E-state index contributed by atoms with van der Waals surface area (Å²) in [5, 5.41) is 2.97. The van der Waals surface area contributed by atoms with E-state index >= 15 is 0 Å². The monoisotopic (exact) mass is 403 g/mol. The number of halogens is 2. The number of rotatable bonds is 5. The number of hydrogen-bond donors (Lipinski definition) is 2. The van der Waals surface area contributed by atoms with E-state index in [1.165, 1.54) is 6.07 Å². The quantitative estimate of drug-likeness (QED) is 0.458. The fraction of sp³-hybridized carbons (Fsp3) is 0.286. The molecule has 0 spiro atoms. The summed E-state index contributed by atoms with van der Waals surface area (Å²) in [5.41, 5.74) is 6.92. The molecule has 3 N–H and O–H groups in total. The highest BCUT2D eigenvalue weighted by Crippen LogP contribution is 2.15. The van der Waals surface area contributed by atoms with Crippen LogP contribution >= 0.6 is 24.0 Å². The lowest BCUT2D eigenvalue weighted by Crippen LogP contribution is -2.32. The molecule has 0 saturated carbocycles. The summed E-state index contributed by atoms with van der Waals surface area (Å²) in [6.45, 7) is 3.18. The summed E-state index contributed by atoms with van der Waals surface area (Å²) in [5.74, 6) is 0.0710. The van der Waals surface area contributed by atoms with Gasteiger partial charge in [0.05, 0.1) is 18.6 Å². The number of hydrogen-bond acceptors (Lipinski definition) is 2. The van der Waals surface area contributed by atoms with Crippen molar-refractivity contribution in [2.75, 3.05) is 6.54 Å². The molecule has 0 atom stereocenters. The molecule has 0 fully saturated rings. The highest BCUT2D eigenvalue weighted by molar-refractivity contribution is 14.0. The zero-order valence-corrected chi connectivity index (χ0v) is 14.1. The molecule has 1 heterocycles. The Labute approximate surface area is 140 Å². The van der Waals surface area contributed by atoms with Crippen LogP contribution in [0.5, 0.6) is 0 Å². The Morgan fingerprint density at radius 1 is 1.48 bits per heavy atom. The number of aliphatic imine (C=N–C) groups is 1. The van der Waals surface area contributed by atoms with Crippen LogP contribution in [0.1, 0.15) is 18.9 Å². The van der Waals surface area contributed by atoms with Gasteiger partial charge in [0.15, 0.2) is 5.96 Å². The van der Waals surface area contributed by atoms with Crippen LogP contribution in [-0.2, 0) is 6.54 Å². The van der Waals surface area contributed by atoms with Crippen molar-refractivity contribution < 1.29 is 4.39 Å². The second kappa shape index (κ2) is 8.60. The van der Waals surface area contributed by atoms with Crippen LogP contribution in [0.25, 0.3) is 5.69 Å². The maximum atomic E-state index is 14.0. The minimum Gasteiger partial charge on any atom is -0.370 e. The average molecular weight is 403 g/mol. The highest BCUT2D eigenvalue weighted by Gasteiger charge is 2.05. The molecule has 2 rings (SSSR count). The van der Waals surface area contributed by atoms with Gasteiger partial charge in [-0.3, -0.25) is 0 Å². The van der Waals surface area contributed by atoms with Crippen LogP contribution in [-0.4, -0.2) is 22.1 Å². The first-order valence-electron chi connectivity index (χ1n) is 6.51. The predicted molar refractivity (Wildman–Crippen MR) is 92.6 cm³/mol. The van der Waals surface area contributed by atoms with Crippen LogP contribution in [0, 0.1) is 5.82 Å². The number of imidazole rings is 1. The van der Waals surface area contributed by atoms with E-state index in [0.717, 1.165) is 18.5 Å². The van der Waals surface area contributed by atoms with E-state index in [0.29, 0.717) is 18.2 Å².